The lowest BCUT2D eigenvalue weighted by Crippen LogP contribution is -2.46. The van der Waals surface area contributed by atoms with E-state index in [0.717, 1.165) is 44.2 Å². The molecular weight excluding hydrogens is 394 g/mol. The maximum Gasteiger partial charge on any atom is 0.176 e. The van der Waals surface area contributed by atoms with Crippen molar-refractivity contribution in [3.63, 3.8) is 0 Å². The van der Waals surface area contributed by atoms with Gasteiger partial charge in [-0.15, -0.1) is 0 Å². The molecular formula is C18H18BrN7. The number of nitrogens with zero attached hydrogens (tertiary/aromatic N) is 7. The largest absolute Gasteiger partial charge is 0.354 e. The van der Waals surface area contributed by atoms with E-state index in [1.54, 1.807) is 4.52 Å². The van der Waals surface area contributed by atoms with Gasteiger partial charge in [0.1, 0.15) is 22.1 Å². The molecule has 1 fully saturated rings. The Morgan fingerprint density at radius 1 is 1.23 bits per heavy atom. The highest BCUT2D eigenvalue weighted by molar-refractivity contribution is 9.10. The zero-order chi connectivity index (χ0) is 18.1. The van der Waals surface area contributed by atoms with Gasteiger partial charge in [-0.1, -0.05) is 6.07 Å². The van der Waals surface area contributed by atoms with E-state index >= 15 is 0 Å². The molecule has 0 saturated carbocycles. The molecule has 0 N–H and O–H groups in total. The lowest BCUT2D eigenvalue weighted by atomic mass is 10.2. The Kier molecular flexibility index (Phi) is 4.57. The molecule has 3 aromatic heterocycles. The minimum Gasteiger partial charge on any atom is -0.354 e. The van der Waals surface area contributed by atoms with Crippen molar-refractivity contribution in [1.29, 1.82) is 5.26 Å². The highest BCUT2D eigenvalue weighted by Crippen LogP contribution is 2.22. The van der Waals surface area contributed by atoms with Crippen LogP contribution in [0, 0.1) is 18.3 Å². The lowest BCUT2D eigenvalue weighted by molar-refractivity contribution is 0.246. The molecule has 7 nitrogen and oxygen atoms in total. The monoisotopic (exact) mass is 411 g/mol. The number of fused-ring (bicyclic) bond motifs is 1. The Hall–Kier alpha value is -2.50. The first-order valence-corrected chi connectivity index (χ1v) is 9.28. The predicted octanol–water partition coefficient (Wildman–Crippen LogP) is 2.39. The highest BCUT2D eigenvalue weighted by atomic mass is 79.9. The normalized spacial score (nSPS) is 15.3. The molecule has 1 aliphatic heterocycles. The van der Waals surface area contributed by atoms with Crippen LogP contribution in [0.5, 0.6) is 0 Å². The summed E-state index contributed by atoms with van der Waals surface area (Å²) in [5, 5.41) is 13.6. The van der Waals surface area contributed by atoms with Gasteiger partial charge < -0.3 is 4.90 Å². The Balaban J connectivity index is 1.47. The molecule has 4 heterocycles. The predicted molar refractivity (Wildman–Crippen MR) is 102 cm³/mol. The number of piperazine rings is 1. The number of halogens is 1. The summed E-state index contributed by atoms with van der Waals surface area (Å²) in [5.41, 5.74) is 3.43. The topological polar surface area (TPSA) is 73.3 Å². The molecule has 0 radical (unpaired) electrons. The number of hydrogen-bond acceptors (Lipinski definition) is 6. The summed E-state index contributed by atoms with van der Waals surface area (Å²) in [5.74, 6) is 0.884. The fourth-order valence-electron chi connectivity index (χ4n) is 3.20. The van der Waals surface area contributed by atoms with Crippen molar-refractivity contribution in [3.05, 3.63) is 52.0 Å². The van der Waals surface area contributed by atoms with Gasteiger partial charge in [-0.25, -0.2) is 9.50 Å². The van der Waals surface area contributed by atoms with Crippen LogP contribution >= 0.6 is 15.9 Å². The Morgan fingerprint density at radius 3 is 2.77 bits per heavy atom. The summed E-state index contributed by atoms with van der Waals surface area (Å²) in [4.78, 5) is 13.8. The molecule has 3 aromatic rings. The minimum atomic E-state index is 0.469. The molecule has 4 rings (SSSR count). The van der Waals surface area contributed by atoms with Crippen LogP contribution < -0.4 is 4.90 Å². The van der Waals surface area contributed by atoms with Gasteiger partial charge in [-0.3, -0.25) is 9.88 Å². The first kappa shape index (κ1) is 16.9. The van der Waals surface area contributed by atoms with Gasteiger partial charge in [0, 0.05) is 45.1 Å². The van der Waals surface area contributed by atoms with E-state index in [2.05, 4.69) is 59.9 Å². The maximum atomic E-state index is 9.30. The van der Waals surface area contributed by atoms with Crippen molar-refractivity contribution in [2.45, 2.75) is 13.5 Å². The van der Waals surface area contributed by atoms with Crippen LogP contribution in [-0.4, -0.2) is 50.7 Å². The van der Waals surface area contributed by atoms with Crippen molar-refractivity contribution in [3.8, 4) is 6.07 Å². The van der Waals surface area contributed by atoms with Crippen molar-refractivity contribution in [1.82, 2.24) is 24.5 Å². The molecule has 0 atom stereocenters. The molecule has 26 heavy (non-hydrogen) atoms. The van der Waals surface area contributed by atoms with Gasteiger partial charge in [-0.2, -0.15) is 10.4 Å². The molecule has 0 unspecified atom stereocenters. The summed E-state index contributed by atoms with van der Waals surface area (Å²) in [6.07, 6.45) is 3.71. The fraction of sp³-hybridized carbons (Fsp3) is 0.333. The molecule has 0 aromatic carbocycles. The third-order valence-electron chi connectivity index (χ3n) is 4.73. The smallest absolute Gasteiger partial charge is 0.176 e. The first-order chi connectivity index (χ1) is 12.7. The second-order valence-electron chi connectivity index (χ2n) is 6.36. The van der Waals surface area contributed by atoms with E-state index < -0.39 is 0 Å². The summed E-state index contributed by atoms with van der Waals surface area (Å²) in [6, 6.07) is 8.19. The first-order valence-electron chi connectivity index (χ1n) is 8.48. The van der Waals surface area contributed by atoms with E-state index in [1.807, 2.05) is 24.5 Å². The van der Waals surface area contributed by atoms with Crippen molar-refractivity contribution < 1.29 is 0 Å². The number of aromatic nitrogens is 4. The third-order valence-corrected chi connectivity index (χ3v) is 5.28. The Morgan fingerprint density at radius 2 is 2.04 bits per heavy atom. The number of rotatable bonds is 3. The van der Waals surface area contributed by atoms with Gasteiger partial charge >= 0.3 is 0 Å². The molecule has 0 amide bonds. The quantitative estimate of drug-likeness (QED) is 0.658. The summed E-state index contributed by atoms with van der Waals surface area (Å²) < 4.78 is 2.16. The summed E-state index contributed by atoms with van der Waals surface area (Å²) in [6.45, 7) is 6.68. The second kappa shape index (κ2) is 7.02. The van der Waals surface area contributed by atoms with Gasteiger partial charge in [0.2, 0.25) is 0 Å². The van der Waals surface area contributed by atoms with Crippen molar-refractivity contribution in [2.75, 3.05) is 31.1 Å². The van der Waals surface area contributed by atoms with Crippen LogP contribution in [0.3, 0.4) is 0 Å². The van der Waals surface area contributed by atoms with Gasteiger partial charge in [-0.05, 0) is 40.5 Å². The SMILES string of the molecule is Cc1cccnc1CN1CCN(c2ccn3nc(Br)c(C#N)c3n2)CC1. The van der Waals surface area contributed by atoms with E-state index in [4.69, 9.17) is 0 Å². The van der Waals surface area contributed by atoms with E-state index in [0.29, 0.717) is 15.8 Å². The van der Waals surface area contributed by atoms with Crippen LogP contribution in [0.4, 0.5) is 5.82 Å². The fourth-order valence-corrected chi connectivity index (χ4v) is 3.63. The van der Waals surface area contributed by atoms with E-state index in [1.165, 1.54) is 5.56 Å². The van der Waals surface area contributed by atoms with Crippen LogP contribution in [0.25, 0.3) is 5.65 Å². The van der Waals surface area contributed by atoms with Gasteiger partial charge in [0.15, 0.2) is 5.65 Å². The van der Waals surface area contributed by atoms with Crippen LogP contribution in [0.15, 0.2) is 35.2 Å². The van der Waals surface area contributed by atoms with Crippen LogP contribution in [-0.2, 0) is 6.54 Å². The molecule has 0 spiro atoms. The zero-order valence-electron chi connectivity index (χ0n) is 14.4. The number of hydrogen-bond donors (Lipinski definition) is 0. The minimum absolute atomic E-state index is 0.469. The third kappa shape index (κ3) is 3.16. The average molecular weight is 412 g/mol. The van der Waals surface area contributed by atoms with Gasteiger partial charge in [0.25, 0.3) is 0 Å². The Labute approximate surface area is 160 Å². The zero-order valence-corrected chi connectivity index (χ0v) is 16.0. The molecule has 0 bridgehead atoms. The van der Waals surface area contributed by atoms with E-state index in [9.17, 15) is 5.26 Å². The molecule has 0 aliphatic carbocycles. The molecule has 8 heteroatoms. The molecule has 132 valence electrons. The standard InChI is InChI=1S/C18H18BrN7/c1-13-3-2-5-21-15(13)12-24-7-9-25(10-8-24)16-4-6-26-18(22-16)14(11-20)17(19)23-26/h2-6H,7-10,12H2,1H3. The number of pyridine rings is 1. The second-order valence-corrected chi connectivity index (χ2v) is 7.11. The molecule has 1 aliphatic rings. The van der Waals surface area contributed by atoms with Crippen LogP contribution in [0.1, 0.15) is 16.8 Å². The van der Waals surface area contributed by atoms with Crippen LogP contribution in [0.2, 0.25) is 0 Å². The number of anilines is 1. The average Bonchev–Trinajstić information content (AvgIpc) is 2.98. The van der Waals surface area contributed by atoms with Crippen molar-refractivity contribution >= 4 is 27.4 Å². The number of aryl methyl sites for hydroxylation is 1. The van der Waals surface area contributed by atoms with E-state index in [-0.39, 0.29) is 0 Å². The molecule has 1 saturated heterocycles. The Bertz CT molecular complexity index is 983. The lowest BCUT2D eigenvalue weighted by Gasteiger charge is -2.35. The van der Waals surface area contributed by atoms with Crippen molar-refractivity contribution in [2.24, 2.45) is 0 Å². The summed E-state index contributed by atoms with van der Waals surface area (Å²) in [7, 11) is 0. The summed E-state index contributed by atoms with van der Waals surface area (Å²) >= 11 is 3.31. The maximum absolute atomic E-state index is 9.30. The highest BCUT2D eigenvalue weighted by Gasteiger charge is 2.20. The van der Waals surface area contributed by atoms with Gasteiger partial charge in [0.05, 0.1) is 5.69 Å². The number of nitriles is 1.